The Balaban J connectivity index is 1.92. The molecule has 1 unspecified atom stereocenters. The summed E-state index contributed by atoms with van der Waals surface area (Å²) in [5.41, 5.74) is 3.06. The van der Waals surface area contributed by atoms with E-state index in [1.807, 2.05) is 30.0 Å². The second-order valence-corrected chi connectivity index (χ2v) is 5.58. The Labute approximate surface area is 125 Å². The molecule has 1 fully saturated rings. The molecular formula is C16H21N3O2. The fraction of sp³-hybridized carbons (Fsp3) is 0.500. The maximum Gasteiger partial charge on any atom is 0.320 e. The number of nitriles is 1. The summed E-state index contributed by atoms with van der Waals surface area (Å²) in [5.74, 6) is -0.758. The molecule has 1 N–H and O–H groups in total. The first-order valence-electron chi connectivity index (χ1n) is 7.20. The van der Waals surface area contributed by atoms with Gasteiger partial charge in [0.05, 0.1) is 11.6 Å². The maximum absolute atomic E-state index is 11.0. The minimum Gasteiger partial charge on any atom is -0.480 e. The number of carboxylic acids is 1. The standard InChI is InChI=1S/C16H21N3O2/c1-12-9-14(10-17)3-4-15(12)11-18-5-7-19(8-6-18)13(2)16(20)21/h3-4,9,13H,5-8,11H2,1-2H3,(H,20,21). The molecule has 0 spiro atoms. The molecule has 1 aromatic rings. The molecule has 0 radical (unpaired) electrons. The van der Waals surface area contributed by atoms with Gasteiger partial charge in [-0.05, 0) is 37.1 Å². The predicted octanol–water partition coefficient (Wildman–Crippen LogP) is 1.46. The maximum atomic E-state index is 11.0. The number of hydrogen-bond donors (Lipinski definition) is 1. The molecule has 5 heteroatoms. The highest BCUT2D eigenvalue weighted by atomic mass is 16.4. The van der Waals surface area contributed by atoms with Gasteiger partial charge in [0.2, 0.25) is 0 Å². The Kier molecular flexibility index (Phi) is 4.94. The van der Waals surface area contributed by atoms with Crippen LogP contribution in [0.1, 0.15) is 23.6 Å². The molecule has 1 aliphatic rings. The highest BCUT2D eigenvalue weighted by Crippen LogP contribution is 2.15. The van der Waals surface area contributed by atoms with E-state index in [-0.39, 0.29) is 0 Å². The monoisotopic (exact) mass is 287 g/mol. The molecule has 1 atom stereocenters. The summed E-state index contributed by atoms with van der Waals surface area (Å²) in [6.07, 6.45) is 0. The van der Waals surface area contributed by atoms with Crippen LogP contribution in [0.25, 0.3) is 0 Å². The lowest BCUT2D eigenvalue weighted by Crippen LogP contribution is -2.51. The van der Waals surface area contributed by atoms with Crippen LogP contribution in [0.4, 0.5) is 0 Å². The van der Waals surface area contributed by atoms with Gasteiger partial charge in [0, 0.05) is 32.7 Å². The Hall–Kier alpha value is -1.90. The molecule has 0 amide bonds. The molecular weight excluding hydrogens is 266 g/mol. The molecule has 5 nitrogen and oxygen atoms in total. The summed E-state index contributed by atoms with van der Waals surface area (Å²) >= 11 is 0. The number of benzene rings is 1. The fourth-order valence-electron chi connectivity index (χ4n) is 2.65. The summed E-state index contributed by atoms with van der Waals surface area (Å²) < 4.78 is 0. The van der Waals surface area contributed by atoms with Gasteiger partial charge in [-0.15, -0.1) is 0 Å². The van der Waals surface area contributed by atoms with Crippen molar-refractivity contribution in [3.05, 3.63) is 34.9 Å². The van der Waals surface area contributed by atoms with Crippen LogP contribution in [-0.2, 0) is 11.3 Å². The highest BCUT2D eigenvalue weighted by Gasteiger charge is 2.25. The van der Waals surface area contributed by atoms with Crippen LogP contribution < -0.4 is 0 Å². The second kappa shape index (κ2) is 6.70. The van der Waals surface area contributed by atoms with Gasteiger partial charge in [0.15, 0.2) is 0 Å². The summed E-state index contributed by atoms with van der Waals surface area (Å²) in [6, 6.07) is 7.52. The summed E-state index contributed by atoms with van der Waals surface area (Å²) in [4.78, 5) is 15.3. The van der Waals surface area contributed by atoms with Crippen LogP contribution in [0.3, 0.4) is 0 Å². The van der Waals surface area contributed by atoms with Gasteiger partial charge in [0.1, 0.15) is 6.04 Å². The quantitative estimate of drug-likeness (QED) is 0.908. The van der Waals surface area contributed by atoms with Crippen molar-refractivity contribution in [1.82, 2.24) is 9.80 Å². The highest BCUT2D eigenvalue weighted by molar-refractivity contribution is 5.72. The van der Waals surface area contributed by atoms with Crippen LogP contribution in [0.2, 0.25) is 0 Å². The minimum atomic E-state index is -0.758. The van der Waals surface area contributed by atoms with Crippen LogP contribution in [-0.4, -0.2) is 53.1 Å². The normalized spacial score (nSPS) is 18.1. The van der Waals surface area contributed by atoms with Gasteiger partial charge in [-0.2, -0.15) is 5.26 Å². The zero-order valence-electron chi connectivity index (χ0n) is 12.5. The van der Waals surface area contributed by atoms with Crippen LogP contribution in [0.5, 0.6) is 0 Å². The molecule has 1 aliphatic heterocycles. The van der Waals surface area contributed by atoms with Crippen LogP contribution >= 0.6 is 0 Å². The Morgan fingerprint density at radius 3 is 2.57 bits per heavy atom. The van der Waals surface area contributed by atoms with E-state index in [9.17, 15) is 4.79 Å². The number of piperazine rings is 1. The molecule has 21 heavy (non-hydrogen) atoms. The zero-order valence-corrected chi connectivity index (χ0v) is 12.5. The van der Waals surface area contributed by atoms with Crippen LogP contribution in [0, 0.1) is 18.3 Å². The van der Waals surface area contributed by atoms with E-state index in [0.717, 1.165) is 38.3 Å². The zero-order chi connectivity index (χ0) is 15.4. The van der Waals surface area contributed by atoms with E-state index in [4.69, 9.17) is 10.4 Å². The van der Waals surface area contributed by atoms with Crippen molar-refractivity contribution in [2.24, 2.45) is 0 Å². The van der Waals surface area contributed by atoms with Crippen molar-refractivity contribution in [2.75, 3.05) is 26.2 Å². The van der Waals surface area contributed by atoms with E-state index < -0.39 is 12.0 Å². The smallest absolute Gasteiger partial charge is 0.320 e. The molecule has 1 aromatic carbocycles. The number of rotatable bonds is 4. The van der Waals surface area contributed by atoms with Crippen molar-refractivity contribution in [1.29, 1.82) is 5.26 Å². The van der Waals surface area contributed by atoms with E-state index in [2.05, 4.69) is 11.0 Å². The number of hydrogen-bond acceptors (Lipinski definition) is 4. The third-order valence-corrected chi connectivity index (χ3v) is 4.18. The van der Waals surface area contributed by atoms with E-state index in [0.29, 0.717) is 5.56 Å². The van der Waals surface area contributed by atoms with E-state index >= 15 is 0 Å². The second-order valence-electron chi connectivity index (χ2n) is 5.58. The molecule has 112 valence electrons. The molecule has 0 aliphatic carbocycles. The average molecular weight is 287 g/mol. The van der Waals surface area contributed by atoms with E-state index in [1.54, 1.807) is 6.92 Å². The minimum absolute atomic E-state index is 0.413. The lowest BCUT2D eigenvalue weighted by molar-refractivity contribution is -0.143. The van der Waals surface area contributed by atoms with Crippen molar-refractivity contribution in [3.8, 4) is 6.07 Å². The van der Waals surface area contributed by atoms with Gasteiger partial charge in [-0.25, -0.2) is 0 Å². The van der Waals surface area contributed by atoms with Crippen LogP contribution in [0.15, 0.2) is 18.2 Å². The number of nitrogens with zero attached hydrogens (tertiary/aromatic N) is 3. The van der Waals surface area contributed by atoms with Gasteiger partial charge in [-0.1, -0.05) is 6.07 Å². The molecule has 1 heterocycles. The lowest BCUT2D eigenvalue weighted by Gasteiger charge is -2.36. The Bertz CT molecular complexity index is 557. The fourth-order valence-corrected chi connectivity index (χ4v) is 2.65. The Morgan fingerprint density at radius 2 is 2.05 bits per heavy atom. The molecule has 0 aromatic heterocycles. The first-order chi connectivity index (χ1) is 10.0. The topological polar surface area (TPSA) is 67.6 Å². The van der Waals surface area contributed by atoms with Crippen molar-refractivity contribution in [3.63, 3.8) is 0 Å². The number of carboxylic acid groups (broad SMARTS) is 1. The van der Waals surface area contributed by atoms with Gasteiger partial charge in [-0.3, -0.25) is 14.6 Å². The predicted molar refractivity (Wildman–Crippen MR) is 79.8 cm³/mol. The third-order valence-electron chi connectivity index (χ3n) is 4.18. The summed E-state index contributed by atoms with van der Waals surface area (Å²) in [5, 5.41) is 17.9. The average Bonchev–Trinajstić information content (AvgIpc) is 2.49. The first kappa shape index (κ1) is 15.5. The van der Waals surface area contributed by atoms with E-state index in [1.165, 1.54) is 5.56 Å². The lowest BCUT2D eigenvalue weighted by atomic mass is 10.0. The summed E-state index contributed by atoms with van der Waals surface area (Å²) in [7, 11) is 0. The Morgan fingerprint density at radius 1 is 1.38 bits per heavy atom. The molecule has 1 saturated heterocycles. The molecule has 0 saturated carbocycles. The third kappa shape index (κ3) is 3.81. The molecule has 0 bridgehead atoms. The van der Waals surface area contributed by atoms with Gasteiger partial charge >= 0.3 is 5.97 Å². The molecule has 2 rings (SSSR count). The van der Waals surface area contributed by atoms with Gasteiger partial charge < -0.3 is 5.11 Å². The van der Waals surface area contributed by atoms with Crippen molar-refractivity contribution in [2.45, 2.75) is 26.4 Å². The van der Waals surface area contributed by atoms with Crippen molar-refractivity contribution < 1.29 is 9.90 Å². The number of aryl methyl sites for hydroxylation is 1. The largest absolute Gasteiger partial charge is 0.480 e. The summed E-state index contributed by atoms with van der Waals surface area (Å²) in [6.45, 7) is 7.92. The number of carbonyl (C=O) groups is 1. The van der Waals surface area contributed by atoms with Gasteiger partial charge in [0.25, 0.3) is 0 Å². The number of aliphatic carboxylic acids is 1. The van der Waals surface area contributed by atoms with Crippen molar-refractivity contribution >= 4 is 5.97 Å². The SMILES string of the molecule is Cc1cc(C#N)ccc1CN1CCN(C(C)C(=O)O)CC1. The first-order valence-corrected chi connectivity index (χ1v) is 7.20.